The molecule has 0 aliphatic heterocycles. The lowest BCUT2D eigenvalue weighted by atomic mass is 10.1. The molecule has 2 N–H and O–H groups in total. The summed E-state index contributed by atoms with van der Waals surface area (Å²) in [6.07, 6.45) is 1.98. The molecule has 0 bridgehead atoms. The topological polar surface area (TPSA) is 88.0 Å². The third kappa shape index (κ3) is 2.60. The standard InChI is InChI=1S/C11H11N3O3/c15-10(16)6-3-8-1-4-9(5-2-8)14-7-12-13-11(14)17/h1-2,4-5,7H,3,6H2,(H,13,17)(H,15,16). The van der Waals surface area contributed by atoms with E-state index < -0.39 is 5.97 Å². The summed E-state index contributed by atoms with van der Waals surface area (Å²) in [7, 11) is 0. The SMILES string of the molecule is O=C(O)CCc1ccc(-n2cn[nH]c2=O)cc1. The number of carboxylic acid groups (broad SMARTS) is 1. The first-order chi connectivity index (χ1) is 8.16. The van der Waals surface area contributed by atoms with E-state index in [1.807, 2.05) is 0 Å². The highest BCUT2D eigenvalue weighted by molar-refractivity contribution is 5.67. The number of hydrogen-bond donors (Lipinski definition) is 2. The van der Waals surface area contributed by atoms with Crippen molar-refractivity contribution in [2.24, 2.45) is 0 Å². The molecule has 0 aliphatic carbocycles. The number of rotatable bonds is 4. The second kappa shape index (κ2) is 4.65. The van der Waals surface area contributed by atoms with E-state index in [9.17, 15) is 9.59 Å². The van der Waals surface area contributed by atoms with Crippen LogP contribution in [0.1, 0.15) is 12.0 Å². The lowest BCUT2D eigenvalue weighted by Crippen LogP contribution is -2.13. The van der Waals surface area contributed by atoms with Gasteiger partial charge in [0.05, 0.1) is 5.69 Å². The molecule has 0 unspecified atom stereocenters. The number of benzene rings is 1. The summed E-state index contributed by atoms with van der Waals surface area (Å²) in [5.74, 6) is -0.819. The van der Waals surface area contributed by atoms with Crippen LogP contribution in [0, 0.1) is 0 Å². The number of carboxylic acids is 1. The van der Waals surface area contributed by atoms with Crippen LogP contribution < -0.4 is 5.69 Å². The van der Waals surface area contributed by atoms with Gasteiger partial charge in [-0.2, -0.15) is 5.10 Å². The van der Waals surface area contributed by atoms with Gasteiger partial charge in [0.2, 0.25) is 0 Å². The van der Waals surface area contributed by atoms with E-state index in [0.29, 0.717) is 12.1 Å². The number of aliphatic carboxylic acids is 1. The Labute approximate surface area is 96.5 Å². The average Bonchev–Trinajstić information content (AvgIpc) is 2.73. The Kier molecular flexibility index (Phi) is 3.04. The summed E-state index contributed by atoms with van der Waals surface area (Å²) in [4.78, 5) is 21.7. The van der Waals surface area contributed by atoms with Crippen LogP contribution >= 0.6 is 0 Å². The van der Waals surface area contributed by atoms with Crippen molar-refractivity contribution in [3.05, 3.63) is 46.6 Å². The zero-order valence-corrected chi connectivity index (χ0v) is 8.96. The number of aryl methyl sites for hydroxylation is 1. The number of nitrogens with one attached hydrogen (secondary N) is 1. The molecular formula is C11H11N3O3. The van der Waals surface area contributed by atoms with E-state index in [1.54, 1.807) is 24.3 Å². The molecule has 0 amide bonds. The summed E-state index contributed by atoms with van der Waals surface area (Å²) < 4.78 is 1.38. The van der Waals surface area contributed by atoms with Crippen LogP contribution in [0.2, 0.25) is 0 Å². The zero-order chi connectivity index (χ0) is 12.3. The third-order valence-corrected chi connectivity index (χ3v) is 2.39. The largest absolute Gasteiger partial charge is 0.481 e. The summed E-state index contributed by atoms with van der Waals surface area (Å²) in [6.45, 7) is 0. The molecule has 2 rings (SSSR count). The Balaban J connectivity index is 2.16. The monoisotopic (exact) mass is 233 g/mol. The normalized spacial score (nSPS) is 10.4. The molecule has 1 aromatic carbocycles. The number of aromatic amines is 1. The van der Waals surface area contributed by atoms with E-state index in [4.69, 9.17) is 5.11 Å². The van der Waals surface area contributed by atoms with Crippen LogP contribution in [-0.2, 0) is 11.2 Å². The lowest BCUT2D eigenvalue weighted by molar-refractivity contribution is -0.136. The number of aromatic nitrogens is 3. The van der Waals surface area contributed by atoms with Crippen molar-refractivity contribution in [2.45, 2.75) is 12.8 Å². The van der Waals surface area contributed by atoms with E-state index in [0.717, 1.165) is 5.56 Å². The molecule has 0 saturated heterocycles. The number of H-pyrrole nitrogens is 1. The second-order valence-electron chi connectivity index (χ2n) is 3.59. The van der Waals surface area contributed by atoms with Gasteiger partial charge in [-0.3, -0.25) is 4.79 Å². The fourth-order valence-electron chi connectivity index (χ4n) is 1.51. The fraction of sp³-hybridized carbons (Fsp3) is 0.182. The molecule has 88 valence electrons. The first kappa shape index (κ1) is 11.1. The van der Waals surface area contributed by atoms with Gasteiger partial charge < -0.3 is 5.11 Å². The Morgan fingerprint density at radius 1 is 1.35 bits per heavy atom. The molecule has 2 aromatic rings. The molecule has 1 aromatic heterocycles. The minimum Gasteiger partial charge on any atom is -0.481 e. The Bertz CT molecular complexity index is 568. The maximum atomic E-state index is 11.3. The lowest BCUT2D eigenvalue weighted by Gasteiger charge is -2.02. The zero-order valence-electron chi connectivity index (χ0n) is 8.96. The van der Waals surface area contributed by atoms with Gasteiger partial charge >= 0.3 is 11.7 Å². The van der Waals surface area contributed by atoms with Gasteiger partial charge in [0.15, 0.2) is 0 Å². The van der Waals surface area contributed by atoms with Crippen molar-refractivity contribution < 1.29 is 9.90 Å². The molecular weight excluding hydrogens is 222 g/mol. The number of nitrogens with zero attached hydrogens (tertiary/aromatic N) is 2. The van der Waals surface area contributed by atoms with E-state index in [-0.39, 0.29) is 12.1 Å². The maximum Gasteiger partial charge on any atom is 0.347 e. The smallest absolute Gasteiger partial charge is 0.347 e. The predicted octanol–water partition coefficient (Wildman–Crippen LogP) is 0.578. The number of hydrogen-bond acceptors (Lipinski definition) is 3. The van der Waals surface area contributed by atoms with Crippen LogP contribution in [-0.4, -0.2) is 25.8 Å². The highest BCUT2D eigenvalue weighted by Gasteiger charge is 2.02. The quantitative estimate of drug-likeness (QED) is 0.808. The molecule has 0 atom stereocenters. The predicted molar refractivity (Wildman–Crippen MR) is 60.1 cm³/mol. The molecule has 0 aliphatic rings. The molecule has 17 heavy (non-hydrogen) atoms. The van der Waals surface area contributed by atoms with Crippen molar-refractivity contribution >= 4 is 5.97 Å². The van der Waals surface area contributed by atoms with Gasteiger partial charge in [-0.05, 0) is 24.1 Å². The molecule has 6 nitrogen and oxygen atoms in total. The van der Waals surface area contributed by atoms with Crippen LogP contribution in [0.15, 0.2) is 35.4 Å². The van der Waals surface area contributed by atoms with Crippen molar-refractivity contribution in [3.8, 4) is 5.69 Å². The van der Waals surface area contributed by atoms with Gasteiger partial charge in [-0.25, -0.2) is 14.5 Å². The van der Waals surface area contributed by atoms with Crippen molar-refractivity contribution in [2.75, 3.05) is 0 Å². The van der Waals surface area contributed by atoms with Gasteiger partial charge in [0.25, 0.3) is 0 Å². The first-order valence-corrected chi connectivity index (χ1v) is 5.10. The van der Waals surface area contributed by atoms with Crippen LogP contribution in [0.25, 0.3) is 5.69 Å². The average molecular weight is 233 g/mol. The van der Waals surface area contributed by atoms with E-state index in [2.05, 4.69) is 10.2 Å². The number of carbonyl (C=O) groups is 1. The maximum absolute atomic E-state index is 11.3. The van der Waals surface area contributed by atoms with Gasteiger partial charge in [0, 0.05) is 6.42 Å². The van der Waals surface area contributed by atoms with Crippen molar-refractivity contribution in [1.82, 2.24) is 14.8 Å². The van der Waals surface area contributed by atoms with Gasteiger partial charge in [-0.1, -0.05) is 12.1 Å². The molecule has 0 spiro atoms. The van der Waals surface area contributed by atoms with Crippen molar-refractivity contribution in [1.29, 1.82) is 0 Å². The molecule has 1 heterocycles. The van der Waals surface area contributed by atoms with Crippen molar-refractivity contribution in [3.63, 3.8) is 0 Å². The Morgan fingerprint density at radius 2 is 2.06 bits per heavy atom. The van der Waals surface area contributed by atoms with Gasteiger partial charge in [0.1, 0.15) is 6.33 Å². The highest BCUT2D eigenvalue weighted by Crippen LogP contribution is 2.09. The molecule has 0 saturated carbocycles. The molecule has 0 fully saturated rings. The highest BCUT2D eigenvalue weighted by atomic mass is 16.4. The first-order valence-electron chi connectivity index (χ1n) is 5.10. The minimum absolute atomic E-state index is 0.102. The minimum atomic E-state index is -0.819. The third-order valence-electron chi connectivity index (χ3n) is 2.39. The van der Waals surface area contributed by atoms with E-state index >= 15 is 0 Å². The van der Waals surface area contributed by atoms with Crippen LogP contribution in [0.3, 0.4) is 0 Å². The Hall–Kier alpha value is -2.37. The summed E-state index contributed by atoms with van der Waals surface area (Å²) in [5.41, 5.74) is 1.32. The summed E-state index contributed by atoms with van der Waals surface area (Å²) in [6, 6.07) is 7.12. The summed E-state index contributed by atoms with van der Waals surface area (Å²) in [5, 5.41) is 14.5. The van der Waals surface area contributed by atoms with E-state index in [1.165, 1.54) is 10.9 Å². The van der Waals surface area contributed by atoms with Crippen LogP contribution in [0.5, 0.6) is 0 Å². The Morgan fingerprint density at radius 3 is 2.59 bits per heavy atom. The second-order valence-corrected chi connectivity index (χ2v) is 3.59. The summed E-state index contributed by atoms with van der Waals surface area (Å²) >= 11 is 0. The molecule has 6 heteroatoms. The van der Waals surface area contributed by atoms with Gasteiger partial charge in [-0.15, -0.1) is 0 Å². The molecule has 0 radical (unpaired) electrons. The van der Waals surface area contributed by atoms with Crippen LogP contribution in [0.4, 0.5) is 0 Å². The fourth-order valence-corrected chi connectivity index (χ4v) is 1.51.